The summed E-state index contributed by atoms with van der Waals surface area (Å²) in [6.07, 6.45) is 2.72. The predicted molar refractivity (Wildman–Crippen MR) is 71.6 cm³/mol. The molecule has 17 heavy (non-hydrogen) atoms. The molecule has 1 aliphatic heterocycles. The van der Waals surface area contributed by atoms with Crippen LogP contribution in [0.2, 0.25) is 0 Å². The van der Waals surface area contributed by atoms with Crippen LogP contribution in [0.1, 0.15) is 6.42 Å². The van der Waals surface area contributed by atoms with E-state index < -0.39 is 0 Å². The van der Waals surface area contributed by atoms with E-state index in [0.717, 1.165) is 23.4 Å². The van der Waals surface area contributed by atoms with Crippen LogP contribution in [0, 0.1) is 5.92 Å². The Balaban J connectivity index is 1.95. The van der Waals surface area contributed by atoms with Crippen LogP contribution in [0.15, 0.2) is 10.8 Å². The minimum Gasteiger partial charge on any atom is -0.369 e. The molecule has 4 N–H and O–H groups in total. The Kier molecular flexibility index (Phi) is 4.14. The lowest BCUT2D eigenvalue weighted by molar-refractivity contribution is 0.399. The Hall–Kier alpha value is -0.920. The highest BCUT2D eigenvalue weighted by atomic mass is 79.9. The number of halogens is 1. The molecule has 7 heteroatoms. The van der Waals surface area contributed by atoms with Gasteiger partial charge in [0, 0.05) is 13.1 Å². The quantitative estimate of drug-likeness (QED) is 0.566. The number of hydrogen-bond donors (Lipinski definition) is 3. The Labute approximate surface area is 109 Å². The van der Waals surface area contributed by atoms with Gasteiger partial charge in [0.25, 0.3) is 0 Å². The maximum atomic E-state index is 5.35. The fourth-order valence-electron chi connectivity index (χ4n) is 2.03. The molecule has 0 bridgehead atoms. The van der Waals surface area contributed by atoms with Gasteiger partial charge in [0.15, 0.2) is 5.82 Å². The average molecular weight is 301 g/mol. The number of anilines is 2. The lowest BCUT2D eigenvalue weighted by atomic mass is 10.1. The number of nitrogens with one attached hydrogen (secondary N) is 2. The molecule has 2 rings (SSSR count). The van der Waals surface area contributed by atoms with Crippen molar-refractivity contribution in [1.82, 2.24) is 14.9 Å². The van der Waals surface area contributed by atoms with Gasteiger partial charge in [-0.05, 0) is 41.9 Å². The molecule has 0 aliphatic carbocycles. The number of nitrogens with zero attached hydrogens (tertiary/aromatic N) is 3. The molecule has 0 amide bonds. The van der Waals surface area contributed by atoms with E-state index in [2.05, 4.69) is 48.6 Å². The standard InChI is InChI=1S/C10H17BrN6/c1-17-3-2-7(5-17)4-13-9-8(11)10(16-12)15-6-14-9/h6-7H,2-5,12H2,1H3,(H2,13,14,15,16). The molecule has 2 heterocycles. The number of nitrogens with two attached hydrogens (primary N) is 1. The molecular formula is C10H17BrN6. The summed E-state index contributed by atoms with van der Waals surface area (Å²) in [6.45, 7) is 3.23. The third kappa shape index (κ3) is 3.05. The molecule has 1 fully saturated rings. The van der Waals surface area contributed by atoms with Gasteiger partial charge in [-0.3, -0.25) is 0 Å². The zero-order valence-electron chi connectivity index (χ0n) is 9.78. The maximum Gasteiger partial charge on any atom is 0.159 e. The Morgan fingerprint density at radius 2 is 2.29 bits per heavy atom. The van der Waals surface area contributed by atoms with E-state index in [0.29, 0.717) is 11.7 Å². The minimum absolute atomic E-state index is 0.589. The van der Waals surface area contributed by atoms with Gasteiger partial charge in [-0.1, -0.05) is 0 Å². The van der Waals surface area contributed by atoms with E-state index in [4.69, 9.17) is 5.84 Å². The van der Waals surface area contributed by atoms with Crippen molar-refractivity contribution in [2.45, 2.75) is 6.42 Å². The Morgan fingerprint density at radius 1 is 1.53 bits per heavy atom. The summed E-state index contributed by atoms with van der Waals surface area (Å²) in [7, 11) is 2.15. The van der Waals surface area contributed by atoms with Crippen LogP contribution in [0.25, 0.3) is 0 Å². The van der Waals surface area contributed by atoms with Gasteiger partial charge in [-0.2, -0.15) is 0 Å². The van der Waals surface area contributed by atoms with Gasteiger partial charge in [0.1, 0.15) is 16.6 Å². The van der Waals surface area contributed by atoms with Crippen molar-refractivity contribution in [2.24, 2.45) is 11.8 Å². The van der Waals surface area contributed by atoms with Gasteiger partial charge in [-0.25, -0.2) is 15.8 Å². The monoisotopic (exact) mass is 300 g/mol. The maximum absolute atomic E-state index is 5.35. The molecule has 0 radical (unpaired) electrons. The number of aromatic nitrogens is 2. The number of hydrazine groups is 1. The molecular weight excluding hydrogens is 284 g/mol. The van der Waals surface area contributed by atoms with Crippen molar-refractivity contribution in [3.63, 3.8) is 0 Å². The molecule has 94 valence electrons. The van der Waals surface area contributed by atoms with Gasteiger partial charge in [0.05, 0.1) is 0 Å². The second-order valence-electron chi connectivity index (χ2n) is 4.33. The fourth-order valence-corrected chi connectivity index (χ4v) is 2.49. The van der Waals surface area contributed by atoms with E-state index in [9.17, 15) is 0 Å². The number of nitrogen functional groups attached to an aromatic ring is 1. The van der Waals surface area contributed by atoms with Crippen LogP contribution in [-0.4, -0.2) is 41.5 Å². The smallest absolute Gasteiger partial charge is 0.159 e. The van der Waals surface area contributed by atoms with Crippen LogP contribution >= 0.6 is 15.9 Å². The van der Waals surface area contributed by atoms with Crippen LogP contribution in [0.5, 0.6) is 0 Å². The molecule has 0 aromatic carbocycles. The zero-order chi connectivity index (χ0) is 12.3. The predicted octanol–water partition coefficient (Wildman–Crippen LogP) is 0.888. The number of hydrogen-bond acceptors (Lipinski definition) is 6. The molecule has 1 aliphatic rings. The van der Waals surface area contributed by atoms with Crippen molar-refractivity contribution >= 4 is 27.6 Å². The fraction of sp³-hybridized carbons (Fsp3) is 0.600. The topological polar surface area (TPSA) is 79.1 Å². The SMILES string of the molecule is CN1CCC(CNc2ncnc(NN)c2Br)C1. The minimum atomic E-state index is 0.589. The summed E-state index contributed by atoms with van der Waals surface area (Å²) in [4.78, 5) is 10.5. The van der Waals surface area contributed by atoms with Crippen LogP contribution in [0.4, 0.5) is 11.6 Å². The first kappa shape index (κ1) is 12.5. The average Bonchev–Trinajstić information content (AvgIpc) is 2.74. The van der Waals surface area contributed by atoms with E-state index in [-0.39, 0.29) is 0 Å². The highest BCUT2D eigenvalue weighted by molar-refractivity contribution is 9.10. The van der Waals surface area contributed by atoms with Crippen molar-refractivity contribution in [3.05, 3.63) is 10.8 Å². The molecule has 6 nitrogen and oxygen atoms in total. The highest BCUT2D eigenvalue weighted by Crippen LogP contribution is 2.26. The molecule has 1 aromatic rings. The second-order valence-corrected chi connectivity index (χ2v) is 5.12. The lowest BCUT2D eigenvalue weighted by Crippen LogP contribution is -2.20. The summed E-state index contributed by atoms with van der Waals surface area (Å²) in [5.74, 6) is 7.40. The largest absolute Gasteiger partial charge is 0.369 e. The lowest BCUT2D eigenvalue weighted by Gasteiger charge is -2.13. The van der Waals surface area contributed by atoms with Gasteiger partial charge in [0.2, 0.25) is 0 Å². The third-order valence-corrected chi connectivity index (χ3v) is 3.72. The van der Waals surface area contributed by atoms with Crippen LogP contribution in [-0.2, 0) is 0 Å². The molecule has 1 aromatic heterocycles. The Bertz CT molecular complexity index is 385. The summed E-state index contributed by atoms with van der Waals surface area (Å²) in [5.41, 5.74) is 2.52. The summed E-state index contributed by atoms with van der Waals surface area (Å²) >= 11 is 3.42. The molecule has 1 saturated heterocycles. The van der Waals surface area contributed by atoms with E-state index in [1.165, 1.54) is 19.3 Å². The molecule has 1 atom stereocenters. The number of rotatable bonds is 4. The summed E-state index contributed by atoms with van der Waals surface area (Å²) in [6, 6.07) is 0. The molecule has 0 spiro atoms. The first-order chi connectivity index (χ1) is 8.20. The zero-order valence-corrected chi connectivity index (χ0v) is 11.4. The normalized spacial score (nSPS) is 20.5. The molecule has 0 saturated carbocycles. The molecule has 1 unspecified atom stereocenters. The van der Waals surface area contributed by atoms with Crippen LogP contribution in [0.3, 0.4) is 0 Å². The van der Waals surface area contributed by atoms with Crippen molar-refractivity contribution < 1.29 is 0 Å². The van der Waals surface area contributed by atoms with Crippen molar-refractivity contribution in [3.8, 4) is 0 Å². The first-order valence-electron chi connectivity index (χ1n) is 5.60. The van der Waals surface area contributed by atoms with Crippen LogP contribution < -0.4 is 16.6 Å². The number of likely N-dealkylation sites (tertiary alicyclic amines) is 1. The third-order valence-electron chi connectivity index (χ3n) is 2.97. The van der Waals surface area contributed by atoms with Crippen molar-refractivity contribution in [2.75, 3.05) is 37.4 Å². The second kappa shape index (κ2) is 5.61. The van der Waals surface area contributed by atoms with Crippen molar-refractivity contribution in [1.29, 1.82) is 0 Å². The van der Waals surface area contributed by atoms with Gasteiger partial charge >= 0.3 is 0 Å². The first-order valence-corrected chi connectivity index (χ1v) is 6.39. The van der Waals surface area contributed by atoms with E-state index in [1.54, 1.807) is 0 Å². The van der Waals surface area contributed by atoms with Gasteiger partial charge in [-0.15, -0.1) is 0 Å². The van der Waals surface area contributed by atoms with E-state index >= 15 is 0 Å². The summed E-state index contributed by atoms with van der Waals surface area (Å²) < 4.78 is 0.772. The van der Waals surface area contributed by atoms with Gasteiger partial charge < -0.3 is 15.6 Å². The Morgan fingerprint density at radius 3 is 2.94 bits per heavy atom. The summed E-state index contributed by atoms with van der Waals surface area (Å²) in [5, 5.41) is 3.33. The van der Waals surface area contributed by atoms with E-state index in [1.807, 2.05) is 0 Å². The highest BCUT2D eigenvalue weighted by Gasteiger charge is 2.19.